The maximum Gasteiger partial charge on any atom is 0.213 e. The molecule has 0 saturated heterocycles. The van der Waals surface area contributed by atoms with E-state index in [1.165, 1.54) is 19.3 Å². The lowest BCUT2D eigenvalue weighted by molar-refractivity contribution is 0.148. The summed E-state index contributed by atoms with van der Waals surface area (Å²) < 4.78 is 11.1. The highest BCUT2D eigenvalue weighted by Crippen LogP contribution is 2.22. The molecule has 0 bridgehead atoms. The molecule has 0 spiro atoms. The number of guanidine groups is 1. The second-order valence-electron chi connectivity index (χ2n) is 6.31. The first-order valence-electron chi connectivity index (χ1n) is 8.79. The van der Waals surface area contributed by atoms with Gasteiger partial charge in [0, 0.05) is 39.0 Å². The Labute approximate surface area is 168 Å². The first kappa shape index (κ1) is 22.0. The van der Waals surface area contributed by atoms with Crippen LogP contribution < -0.4 is 15.4 Å². The Bertz CT molecular complexity index is 504. The first-order valence-corrected chi connectivity index (χ1v) is 8.79. The molecule has 6 nitrogen and oxygen atoms in total. The van der Waals surface area contributed by atoms with E-state index in [1.54, 1.807) is 14.2 Å². The SMILES string of the molecule is CN=C(NCc1ccc(OC2CCCCC2)nc1)NC(C)COC.I. The minimum atomic E-state index is 0. The van der Waals surface area contributed by atoms with Gasteiger partial charge in [-0.1, -0.05) is 12.5 Å². The number of ether oxygens (including phenoxy) is 2. The molecular formula is C18H31IN4O2. The van der Waals surface area contributed by atoms with Crippen LogP contribution in [0.25, 0.3) is 0 Å². The van der Waals surface area contributed by atoms with E-state index in [4.69, 9.17) is 9.47 Å². The number of hydrogen-bond donors (Lipinski definition) is 2. The third-order valence-electron chi connectivity index (χ3n) is 4.12. The van der Waals surface area contributed by atoms with Gasteiger partial charge in [0.1, 0.15) is 6.10 Å². The van der Waals surface area contributed by atoms with Crippen LogP contribution in [-0.2, 0) is 11.3 Å². The van der Waals surface area contributed by atoms with Crippen LogP contribution >= 0.6 is 24.0 Å². The fourth-order valence-corrected chi connectivity index (χ4v) is 2.84. The van der Waals surface area contributed by atoms with E-state index in [1.807, 2.05) is 18.3 Å². The second-order valence-corrected chi connectivity index (χ2v) is 6.31. The Morgan fingerprint density at radius 2 is 2.08 bits per heavy atom. The minimum Gasteiger partial charge on any atom is -0.474 e. The Hall–Kier alpha value is -1.09. The molecule has 0 aliphatic heterocycles. The van der Waals surface area contributed by atoms with Crippen LogP contribution in [0, 0.1) is 0 Å². The molecule has 1 heterocycles. The predicted octanol–water partition coefficient (Wildman–Crippen LogP) is 3.11. The van der Waals surface area contributed by atoms with Crippen LogP contribution in [0.2, 0.25) is 0 Å². The largest absolute Gasteiger partial charge is 0.474 e. The molecule has 1 aliphatic carbocycles. The maximum atomic E-state index is 5.96. The zero-order valence-corrected chi connectivity index (χ0v) is 17.8. The molecule has 1 aromatic rings. The van der Waals surface area contributed by atoms with E-state index >= 15 is 0 Å². The van der Waals surface area contributed by atoms with E-state index in [0.29, 0.717) is 19.3 Å². The van der Waals surface area contributed by atoms with Gasteiger partial charge in [-0.3, -0.25) is 4.99 Å². The highest BCUT2D eigenvalue weighted by molar-refractivity contribution is 14.0. The van der Waals surface area contributed by atoms with E-state index in [2.05, 4.69) is 27.5 Å². The molecule has 1 aromatic heterocycles. The van der Waals surface area contributed by atoms with Crippen molar-refractivity contribution >= 4 is 29.9 Å². The summed E-state index contributed by atoms with van der Waals surface area (Å²) >= 11 is 0. The number of rotatable bonds is 7. The summed E-state index contributed by atoms with van der Waals surface area (Å²) in [6.07, 6.45) is 8.34. The number of hydrogen-bond acceptors (Lipinski definition) is 4. The van der Waals surface area contributed by atoms with Gasteiger partial charge in [-0.05, 0) is 38.2 Å². The van der Waals surface area contributed by atoms with Gasteiger partial charge in [0.15, 0.2) is 5.96 Å². The summed E-state index contributed by atoms with van der Waals surface area (Å²) in [6, 6.07) is 4.20. The molecule has 1 fully saturated rings. The smallest absolute Gasteiger partial charge is 0.213 e. The minimum absolute atomic E-state index is 0. The number of nitrogens with one attached hydrogen (secondary N) is 2. The lowest BCUT2D eigenvalue weighted by Gasteiger charge is -2.22. The fourth-order valence-electron chi connectivity index (χ4n) is 2.84. The normalized spacial score (nSPS) is 16.7. The molecule has 2 rings (SSSR count). The van der Waals surface area contributed by atoms with Crippen LogP contribution in [0.15, 0.2) is 23.3 Å². The monoisotopic (exact) mass is 462 g/mol. The van der Waals surface area contributed by atoms with Crippen molar-refractivity contribution in [2.45, 2.75) is 57.7 Å². The zero-order valence-electron chi connectivity index (χ0n) is 15.5. The summed E-state index contributed by atoms with van der Waals surface area (Å²) in [5, 5.41) is 6.55. The predicted molar refractivity (Wildman–Crippen MR) is 112 cm³/mol. The van der Waals surface area contributed by atoms with E-state index in [-0.39, 0.29) is 30.0 Å². The second kappa shape index (κ2) is 12.3. The topological polar surface area (TPSA) is 67.8 Å². The summed E-state index contributed by atoms with van der Waals surface area (Å²) in [7, 11) is 3.45. The molecule has 7 heteroatoms. The third-order valence-corrected chi connectivity index (χ3v) is 4.12. The van der Waals surface area contributed by atoms with Crippen LogP contribution in [0.1, 0.15) is 44.6 Å². The average molecular weight is 462 g/mol. The zero-order chi connectivity index (χ0) is 17.2. The molecule has 1 unspecified atom stereocenters. The maximum absolute atomic E-state index is 5.96. The van der Waals surface area contributed by atoms with Gasteiger partial charge in [0.25, 0.3) is 0 Å². The quantitative estimate of drug-likeness (QED) is 0.371. The fraction of sp³-hybridized carbons (Fsp3) is 0.667. The third kappa shape index (κ3) is 8.22. The molecule has 0 radical (unpaired) electrons. The van der Waals surface area contributed by atoms with Gasteiger partial charge < -0.3 is 20.1 Å². The molecule has 0 amide bonds. The van der Waals surface area contributed by atoms with Gasteiger partial charge in [0.2, 0.25) is 5.88 Å². The van der Waals surface area contributed by atoms with Gasteiger partial charge in [-0.2, -0.15) is 0 Å². The number of aliphatic imine (C=N–C) groups is 1. The van der Waals surface area contributed by atoms with Gasteiger partial charge in [-0.25, -0.2) is 4.98 Å². The average Bonchev–Trinajstić information content (AvgIpc) is 2.61. The lowest BCUT2D eigenvalue weighted by atomic mass is 9.98. The van der Waals surface area contributed by atoms with Crippen molar-refractivity contribution in [2.24, 2.45) is 4.99 Å². The Morgan fingerprint density at radius 1 is 1.32 bits per heavy atom. The van der Waals surface area contributed by atoms with E-state index in [0.717, 1.165) is 30.2 Å². The van der Waals surface area contributed by atoms with Crippen molar-refractivity contribution in [1.82, 2.24) is 15.6 Å². The summed E-state index contributed by atoms with van der Waals surface area (Å²) in [5.41, 5.74) is 1.09. The molecular weight excluding hydrogens is 431 g/mol. The molecule has 25 heavy (non-hydrogen) atoms. The Morgan fingerprint density at radius 3 is 2.68 bits per heavy atom. The van der Waals surface area contributed by atoms with Crippen molar-refractivity contribution in [3.63, 3.8) is 0 Å². The molecule has 1 atom stereocenters. The lowest BCUT2D eigenvalue weighted by Crippen LogP contribution is -2.43. The number of aromatic nitrogens is 1. The van der Waals surface area contributed by atoms with Gasteiger partial charge in [0.05, 0.1) is 6.61 Å². The molecule has 2 N–H and O–H groups in total. The number of methoxy groups -OCH3 is 1. The van der Waals surface area contributed by atoms with E-state index in [9.17, 15) is 0 Å². The highest BCUT2D eigenvalue weighted by atomic mass is 127. The molecule has 1 aliphatic rings. The summed E-state index contributed by atoms with van der Waals surface area (Å²) in [4.78, 5) is 8.64. The first-order chi connectivity index (χ1) is 11.7. The van der Waals surface area contributed by atoms with Gasteiger partial charge in [-0.15, -0.1) is 24.0 Å². The summed E-state index contributed by atoms with van der Waals surface area (Å²) in [6.45, 7) is 3.35. The van der Waals surface area contributed by atoms with E-state index < -0.39 is 0 Å². The summed E-state index contributed by atoms with van der Waals surface area (Å²) in [5.74, 6) is 1.48. The van der Waals surface area contributed by atoms with Crippen LogP contribution in [-0.4, -0.2) is 43.9 Å². The Kier molecular flexibility index (Phi) is 10.8. The van der Waals surface area contributed by atoms with Crippen molar-refractivity contribution in [2.75, 3.05) is 20.8 Å². The van der Waals surface area contributed by atoms with Gasteiger partial charge >= 0.3 is 0 Å². The van der Waals surface area contributed by atoms with Crippen molar-refractivity contribution in [1.29, 1.82) is 0 Å². The van der Waals surface area contributed by atoms with Crippen molar-refractivity contribution < 1.29 is 9.47 Å². The number of pyridine rings is 1. The molecule has 142 valence electrons. The number of nitrogens with zero attached hydrogens (tertiary/aromatic N) is 2. The number of halogens is 1. The molecule has 1 saturated carbocycles. The Balaban J connectivity index is 0.00000312. The molecule has 0 aromatic carbocycles. The van der Waals surface area contributed by atoms with Crippen molar-refractivity contribution in [3.05, 3.63) is 23.9 Å². The standard InChI is InChI=1S/C18H30N4O2.HI/c1-14(13-23-3)22-18(19-2)21-12-15-9-10-17(20-11-15)24-16-7-5-4-6-8-16;/h9-11,14,16H,4-8,12-13H2,1-3H3,(H2,19,21,22);1H. The van der Waals surface area contributed by atoms with Crippen LogP contribution in [0.5, 0.6) is 5.88 Å². The van der Waals surface area contributed by atoms with Crippen molar-refractivity contribution in [3.8, 4) is 5.88 Å². The van der Waals surface area contributed by atoms with Crippen LogP contribution in [0.3, 0.4) is 0 Å². The van der Waals surface area contributed by atoms with Crippen LogP contribution in [0.4, 0.5) is 0 Å². The highest BCUT2D eigenvalue weighted by Gasteiger charge is 2.15.